The molecular weight excluding hydrogens is 232 g/mol. The number of carbonyl (C=O) groups is 3. The van der Waals surface area contributed by atoms with E-state index in [9.17, 15) is 14.4 Å². The minimum atomic E-state index is -0.192. The molecule has 0 fully saturated rings. The smallest absolute Gasteiger partial charge is 0.228 e. The third-order valence-corrected chi connectivity index (χ3v) is 2.72. The molecule has 1 heterocycles. The Morgan fingerprint density at radius 2 is 2.11 bits per heavy atom. The van der Waals surface area contributed by atoms with Gasteiger partial charge in [0.2, 0.25) is 11.8 Å². The summed E-state index contributed by atoms with van der Waals surface area (Å²) in [6.07, 6.45) is 0.771. The minimum absolute atomic E-state index is 0.00565. The van der Waals surface area contributed by atoms with Crippen LogP contribution < -0.4 is 10.6 Å². The lowest BCUT2D eigenvalue weighted by atomic mass is 10.1. The van der Waals surface area contributed by atoms with Gasteiger partial charge in [-0.05, 0) is 30.7 Å². The van der Waals surface area contributed by atoms with E-state index in [0.29, 0.717) is 12.1 Å². The Hall–Kier alpha value is -2.17. The van der Waals surface area contributed by atoms with Crippen molar-refractivity contribution in [3.63, 3.8) is 0 Å². The van der Waals surface area contributed by atoms with Crippen LogP contribution in [0.5, 0.6) is 0 Å². The van der Waals surface area contributed by atoms with Crippen LogP contribution in [0.3, 0.4) is 0 Å². The molecule has 0 spiro atoms. The largest absolute Gasteiger partial charge is 0.326 e. The van der Waals surface area contributed by atoms with Crippen molar-refractivity contribution in [1.29, 1.82) is 0 Å². The molecule has 0 atom stereocenters. The van der Waals surface area contributed by atoms with Crippen molar-refractivity contribution in [1.82, 2.24) is 0 Å². The maximum Gasteiger partial charge on any atom is 0.228 e. The lowest BCUT2D eigenvalue weighted by molar-refractivity contribution is -0.121. The molecule has 0 aliphatic carbocycles. The zero-order valence-electron chi connectivity index (χ0n) is 10.1. The van der Waals surface area contributed by atoms with Crippen LogP contribution in [0, 0.1) is 0 Å². The molecule has 2 amide bonds. The summed E-state index contributed by atoms with van der Waals surface area (Å²) in [6.45, 7) is 1.46. The van der Waals surface area contributed by atoms with Gasteiger partial charge in [0.15, 0.2) is 0 Å². The lowest BCUT2D eigenvalue weighted by Crippen LogP contribution is -2.12. The first-order valence-electron chi connectivity index (χ1n) is 5.76. The van der Waals surface area contributed by atoms with Crippen molar-refractivity contribution in [3.05, 3.63) is 23.8 Å². The molecule has 5 heteroatoms. The Labute approximate surface area is 105 Å². The molecule has 0 unspecified atom stereocenters. The number of hydrogen-bond donors (Lipinski definition) is 2. The van der Waals surface area contributed by atoms with Crippen LogP contribution in [0.1, 0.15) is 25.3 Å². The summed E-state index contributed by atoms with van der Waals surface area (Å²) < 4.78 is 0. The van der Waals surface area contributed by atoms with E-state index in [1.165, 1.54) is 6.92 Å². The second-order valence-electron chi connectivity index (χ2n) is 4.35. The summed E-state index contributed by atoms with van der Waals surface area (Å²) >= 11 is 0. The van der Waals surface area contributed by atoms with Crippen LogP contribution in [-0.2, 0) is 20.8 Å². The Morgan fingerprint density at radius 1 is 1.33 bits per heavy atom. The summed E-state index contributed by atoms with van der Waals surface area (Å²) in [5.41, 5.74) is 2.32. The van der Waals surface area contributed by atoms with Gasteiger partial charge in [-0.1, -0.05) is 0 Å². The third kappa shape index (κ3) is 2.94. The Kier molecular flexibility index (Phi) is 3.41. The van der Waals surface area contributed by atoms with Gasteiger partial charge in [-0.25, -0.2) is 0 Å². The van der Waals surface area contributed by atoms with E-state index in [-0.39, 0.29) is 30.4 Å². The maximum atomic E-state index is 11.5. The van der Waals surface area contributed by atoms with Gasteiger partial charge in [-0.3, -0.25) is 9.59 Å². The predicted molar refractivity (Wildman–Crippen MR) is 67.3 cm³/mol. The summed E-state index contributed by atoms with van der Waals surface area (Å²) in [6, 6.07) is 5.27. The highest BCUT2D eigenvalue weighted by atomic mass is 16.2. The van der Waals surface area contributed by atoms with E-state index in [1.54, 1.807) is 18.2 Å². The number of Topliss-reactive ketones (excluding diaryl/α,β-unsaturated/α-hetero) is 1. The first kappa shape index (κ1) is 12.3. The van der Waals surface area contributed by atoms with Crippen molar-refractivity contribution in [3.8, 4) is 0 Å². The average molecular weight is 246 g/mol. The number of hydrogen-bond acceptors (Lipinski definition) is 3. The zero-order valence-corrected chi connectivity index (χ0v) is 10.1. The first-order chi connectivity index (χ1) is 8.54. The van der Waals surface area contributed by atoms with E-state index >= 15 is 0 Å². The SMILES string of the molecule is CC(=O)CCC(=O)Nc1ccc2c(c1)CC(=O)N2. The molecule has 0 bridgehead atoms. The van der Waals surface area contributed by atoms with Crippen molar-refractivity contribution >= 4 is 29.0 Å². The molecule has 1 aromatic rings. The van der Waals surface area contributed by atoms with E-state index in [0.717, 1.165) is 11.3 Å². The molecule has 1 aromatic carbocycles. The van der Waals surface area contributed by atoms with Crippen LogP contribution in [0.4, 0.5) is 11.4 Å². The number of anilines is 2. The molecular formula is C13H14N2O3. The predicted octanol–water partition coefficient (Wildman–Crippen LogP) is 1.49. The van der Waals surface area contributed by atoms with Gasteiger partial charge in [-0.15, -0.1) is 0 Å². The average Bonchev–Trinajstić information content (AvgIpc) is 2.66. The van der Waals surface area contributed by atoms with Crippen LogP contribution in [0.2, 0.25) is 0 Å². The molecule has 18 heavy (non-hydrogen) atoms. The van der Waals surface area contributed by atoms with Gasteiger partial charge < -0.3 is 15.4 Å². The monoisotopic (exact) mass is 246 g/mol. The van der Waals surface area contributed by atoms with E-state index < -0.39 is 0 Å². The molecule has 0 saturated carbocycles. The third-order valence-electron chi connectivity index (χ3n) is 2.72. The number of carbonyl (C=O) groups excluding carboxylic acids is 3. The summed E-state index contributed by atoms with van der Waals surface area (Å²) in [5.74, 6) is -0.235. The van der Waals surface area contributed by atoms with Crippen LogP contribution in [0.25, 0.3) is 0 Å². The fourth-order valence-corrected chi connectivity index (χ4v) is 1.82. The van der Waals surface area contributed by atoms with E-state index in [4.69, 9.17) is 0 Å². The van der Waals surface area contributed by atoms with Crippen molar-refractivity contribution < 1.29 is 14.4 Å². The van der Waals surface area contributed by atoms with Crippen molar-refractivity contribution in [2.75, 3.05) is 10.6 Å². The second-order valence-corrected chi connectivity index (χ2v) is 4.35. The van der Waals surface area contributed by atoms with E-state index in [1.807, 2.05) is 0 Å². The van der Waals surface area contributed by atoms with E-state index in [2.05, 4.69) is 10.6 Å². The highest BCUT2D eigenvalue weighted by molar-refractivity contribution is 6.00. The number of amides is 2. The summed E-state index contributed by atoms with van der Waals surface area (Å²) in [7, 11) is 0. The number of nitrogens with one attached hydrogen (secondary N) is 2. The van der Waals surface area contributed by atoms with Gasteiger partial charge in [0.05, 0.1) is 6.42 Å². The molecule has 5 nitrogen and oxygen atoms in total. The fourth-order valence-electron chi connectivity index (χ4n) is 1.82. The lowest BCUT2D eigenvalue weighted by Gasteiger charge is -2.06. The number of rotatable bonds is 4. The minimum Gasteiger partial charge on any atom is -0.326 e. The van der Waals surface area contributed by atoms with Gasteiger partial charge in [0.25, 0.3) is 0 Å². The Bertz CT molecular complexity index is 523. The normalized spacial score (nSPS) is 12.8. The number of fused-ring (bicyclic) bond motifs is 1. The quantitative estimate of drug-likeness (QED) is 0.845. The molecule has 1 aliphatic heterocycles. The van der Waals surface area contributed by atoms with Crippen LogP contribution in [0.15, 0.2) is 18.2 Å². The second kappa shape index (κ2) is 5.00. The van der Waals surface area contributed by atoms with Crippen LogP contribution in [-0.4, -0.2) is 17.6 Å². The van der Waals surface area contributed by atoms with Gasteiger partial charge in [0, 0.05) is 24.2 Å². The molecule has 2 N–H and O–H groups in total. The van der Waals surface area contributed by atoms with Crippen LogP contribution >= 0.6 is 0 Å². The van der Waals surface area contributed by atoms with Gasteiger partial charge >= 0.3 is 0 Å². The highest BCUT2D eigenvalue weighted by Gasteiger charge is 2.17. The standard InChI is InChI=1S/C13H14N2O3/c1-8(16)2-5-12(17)14-10-3-4-11-9(6-10)7-13(18)15-11/h3-4,6H,2,5,7H2,1H3,(H,14,17)(H,15,18). The van der Waals surface area contributed by atoms with Gasteiger partial charge in [0.1, 0.15) is 5.78 Å². The topological polar surface area (TPSA) is 75.3 Å². The first-order valence-corrected chi connectivity index (χ1v) is 5.76. The molecule has 94 valence electrons. The Balaban J connectivity index is 1.99. The molecule has 0 radical (unpaired) electrons. The Morgan fingerprint density at radius 3 is 2.83 bits per heavy atom. The molecule has 0 aromatic heterocycles. The van der Waals surface area contributed by atoms with Gasteiger partial charge in [-0.2, -0.15) is 0 Å². The maximum absolute atomic E-state index is 11.5. The van der Waals surface area contributed by atoms with Crippen molar-refractivity contribution in [2.24, 2.45) is 0 Å². The molecule has 2 rings (SSSR count). The summed E-state index contributed by atoms with van der Waals surface area (Å²) in [5, 5.41) is 5.43. The number of benzene rings is 1. The zero-order chi connectivity index (χ0) is 13.1. The molecule has 0 saturated heterocycles. The number of ketones is 1. The molecule has 1 aliphatic rings. The van der Waals surface area contributed by atoms with Crippen molar-refractivity contribution in [2.45, 2.75) is 26.2 Å². The highest BCUT2D eigenvalue weighted by Crippen LogP contribution is 2.25. The summed E-state index contributed by atoms with van der Waals surface area (Å²) in [4.78, 5) is 33.5. The fraction of sp³-hybridized carbons (Fsp3) is 0.308.